The van der Waals surface area contributed by atoms with Crippen molar-refractivity contribution in [2.24, 2.45) is 0 Å². The van der Waals surface area contributed by atoms with Gasteiger partial charge in [-0.1, -0.05) is 121 Å². The molecule has 0 radical (unpaired) electrons. The lowest BCUT2D eigenvalue weighted by atomic mass is 10.1. The highest BCUT2D eigenvalue weighted by Crippen LogP contribution is 2.34. The van der Waals surface area contributed by atoms with Crippen LogP contribution < -0.4 is 4.90 Å². The molecule has 1 aromatic carbocycles. The molecule has 0 bridgehead atoms. The van der Waals surface area contributed by atoms with Crippen LogP contribution in [0.4, 0.5) is 5.69 Å². The summed E-state index contributed by atoms with van der Waals surface area (Å²) in [7, 11) is 0. The van der Waals surface area contributed by atoms with Crippen molar-refractivity contribution < 1.29 is 0 Å². The Morgan fingerprint density at radius 2 is 1.25 bits per heavy atom. The van der Waals surface area contributed by atoms with Crippen molar-refractivity contribution in [3.05, 3.63) is 82.8 Å². The standard InChI is InChI=1S/C36H45N3S/c1-3-5-7-9-11-13-26-39(27-14-12-10-8-6-4-2)34-22-20-32(21-23-34)36-25-24-35(40-36)31-17-15-16-30(18-19-31)33(28-37)29-38/h15-25H,3-14,26-27H2,1-2H3. The van der Waals surface area contributed by atoms with Crippen molar-refractivity contribution in [1.82, 2.24) is 0 Å². The predicted octanol–water partition coefficient (Wildman–Crippen LogP) is 10.8. The number of nitrogens with zero attached hydrogens (tertiary/aromatic N) is 3. The Bertz CT molecular complexity index is 1210. The zero-order valence-electron chi connectivity index (χ0n) is 24.5. The van der Waals surface area contributed by atoms with Crippen LogP contribution in [0.3, 0.4) is 0 Å². The Morgan fingerprint density at radius 3 is 1.85 bits per heavy atom. The Kier molecular flexibility index (Phi) is 14.1. The molecule has 0 fully saturated rings. The number of allylic oxidation sites excluding steroid dienone is 8. The summed E-state index contributed by atoms with van der Waals surface area (Å²) < 4.78 is 0. The van der Waals surface area contributed by atoms with Gasteiger partial charge in [-0.2, -0.15) is 10.5 Å². The van der Waals surface area contributed by atoms with Crippen LogP contribution in [-0.4, -0.2) is 13.1 Å². The van der Waals surface area contributed by atoms with Gasteiger partial charge in [0.25, 0.3) is 0 Å². The van der Waals surface area contributed by atoms with E-state index in [9.17, 15) is 10.5 Å². The number of hydrogen-bond acceptors (Lipinski definition) is 4. The average Bonchev–Trinajstić information content (AvgIpc) is 3.35. The Balaban J connectivity index is 1.65. The Labute approximate surface area is 246 Å². The topological polar surface area (TPSA) is 50.8 Å². The zero-order valence-corrected chi connectivity index (χ0v) is 25.3. The van der Waals surface area contributed by atoms with Crippen LogP contribution in [0.25, 0.3) is 16.0 Å². The summed E-state index contributed by atoms with van der Waals surface area (Å²) in [5.41, 5.74) is 4.45. The van der Waals surface area contributed by atoms with E-state index < -0.39 is 0 Å². The highest BCUT2D eigenvalue weighted by Gasteiger charge is 2.10. The van der Waals surface area contributed by atoms with Crippen LogP contribution in [0.5, 0.6) is 0 Å². The van der Waals surface area contributed by atoms with Gasteiger partial charge < -0.3 is 4.90 Å². The normalized spacial score (nSPS) is 12.5. The van der Waals surface area contributed by atoms with Crippen LogP contribution in [-0.2, 0) is 0 Å². The van der Waals surface area contributed by atoms with Crippen LogP contribution in [0, 0.1) is 22.7 Å². The molecule has 0 unspecified atom stereocenters. The fraction of sp³-hybridized carbons (Fsp3) is 0.444. The smallest absolute Gasteiger partial charge is 0.136 e. The number of nitriles is 2. The van der Waals surface area contributed by atoms with Crippen molar-refractivity contribution in [2.45, 2.75) is 90.9 Å². The maximum absolute atomic E-state index is 9.18. The van der Waals surface area contributed by atoms with Gasteiger partial charge in [0.1, 0.15) is 17.7 Å². The SMILES string of the molecule is CCCCCCCCN(CCCCCCCC)c1ccc(-c2ccc(C3=CC=CC(=C(C#N)C#N)C=C3)s2)cc1. The lowest BCUT2D eigenvalue weighted by Crippen LogP contribution is -2.25. The van der Waals surface area contributed by atoms with E-state index in [4.69, 9.17) is 0 Å². The lowest BCUT2D eigenvalue weighted by Gasteiger charge is -2.25. The molecule has 1 heterocycles. The van der Waals surface area contributed by atoms with Gasteiger partial charge in [0, 0.05) is 34.1 Å². The average molecular weight is 552 g/mol. The fourth-order valence-electron chi connectivity index (χ4n) is 5.05. The highest BCUT2D eigenvalue weighted by atomic mass is 32.1. The van der Waals surface area contributed by atoms with Crippen molar-refractivity contribution in [2.75, 3.05) is 18.0 Å². The minimum Gasteiger partial charge on any atom is -0.372 e. The number of anilines is 1. The first-order valence-corrected chi connectivity index (χ1v) is 16.1. The van der Waals surface area contributed by atoms with Crippen LogP contribution in [0.2, 0.25) is 0 Å². The van der Waals surface area contributed by atoms with Gasteiger partial charge in [-0.05, 0) is 48.2 Å². The molecular formula is C36H45N3S. The number of thiophene rings is 1. The number of unbranched alkanes of at least 4 members (excludes halogenated alkanes) is 10. The lowest BCUT2D eigenvalue weighted by molar-refractivity contribution is 0.575. The third kappa shape index (κ3) is 10.0. The maximum Gasteiger partial charge on any atom is 0.136 e. The molecule has 0 saturated heterocycles. The quantitative estimate of drug-likeness (QED) is 0.145. The number of rotatable bonds is 17. The molecule has 0 N–H and O–H groups in total. The van der Waals surface area contributed by atoms with Crippen LogP contribution >= 0.6 is 11.3 Å². The molecule has 3 nitrogen and oxygen atoms in total. The van der Waals surface area contributed by atoms with Gasteiger partial charge in [0.2, 0.25) is 0 Å². The van der Waals surface area contributed by atoms with Crippen molar-refractivity contribution in [3.8, 4) is 22.6 Å². The fourth-order valence-corrected chi connectivity index (χ4v) is 6.07. The molecule has 1 aliphatic carbocycles. The molecule has 2 aromatic rings. The molecule has 3 rings (SSSR count). The first-order chi connectivity index (χ1) is 19.7. The van der Waals surface area contributed by atoms with E-state index >= 15 is 0 Å². The van der Waals surface area contributed by atoms with E-state index in [0.29, 0.717) is 5.57 Å². The number of hydrogen-bond donors (Lipinski definition) is 0. The summed E-state index contributed by atoms with van der Waals surface area (Å²) >= 11 is 1.77. The first kappa shape index (κ1) is 31.2. The van der Waals surface area contributed by atoms with Gasteiger partial charge in [-0.25, -0.2) is 0 Å². The molecule has 0 amide bonds. The highest BCUT2D eigenvalue weighted by molar-refractivity contribution is 7.16. The summed E-state index contributed by atoms with van der Waals surface area (Å²) in [6.45, 7) is 6.85. The molecule has 0 saturated carbocycles. The summed E-state index contributed by atoms with van der Waals surface area (Å²) in [5.74, 6) is 0. The minimum atomic E-state index is 0.135. The van der Waals surface area contributed by atoms with Gasteiger partial charge >= 0.3 is 0 Å². The first-order valence-electron chi connectivity index (χ1n) is 15.3. The van der Waals surface area contributed by atoms with E-state index in [1.165, 1.54) is 98.1 Å². The third-order valence-electron chi connectivity index (χ3n) is 7.48. The second kappa shape index (κ2) is 18.1. The summed E-state index contributed by atoms with van der Waals surface area (Å²) in [6, 6.07) is 17.4. The summed E-state index contributed by atoms with van der Waals surface area (Å²) in [4.78, 5) is 5.02. The predicted molar refractivity (Wildman–Crippen MR) is 173 cm³/mol. The molecule has 4 heteroatoms. The molecule has 1 aliphatic rings. The van der Waals surface area contributed by atoms with E-state index in [-0.39, 0.29) is 5.57 Å². The van der Waals surface area contributed by atoms with Gasteiger partial charge in [-0.15, -0.1) is 11.3 Å². The molecule has 0 spiro atoms. The minimum absolute atomic E-state index is 0.135. The third-order valence-corrected chi connectivity index (χ3v) is 8.66. The van der Waals surface area contributed by atoms with Crippen molar-refractivity contribution in [3.63, 3.8) is 0 Å². The molecule has 0 atom stereocenters. The van der Waals surface area contributed by atoms with E-state index in [1.807, 2.05) is 42.5 Å². The summed E-state index contributed by atoms with van der Waals surface area (Å²) in [5, 5.41) is 18.4. The Morgan fingerprint density at radius 1 is 0.675 bits per heavy atom. The van der Waals surface area contributed by atoms with Gasteiger partial charge in [-0.3, -0.25) is 0 Å². The van der Waals surface area contributed by atoms with Gasteiger partial charge in [0.15, 0.2) is 0 Å². The largest absolute Gasteiger partial charge is 0.372 e. The van der Waals surface area contributed by atoms with Crippen LogP contribution in [0.15, 0.2) is 77.9 Å². The van der Waals surface area contributed by atoms with Gasteiger partial charge in [0.05, 0.1) is 0 Å². The second-order valence-electron chi connectivity index (χ2n) is 10.6. The summed E-state index contributed by atoms with van der Waals surface area (Å²) in [6.07, 6.45) is 25.6. The molecular weight excluding hydrogens is 506 g/mol. The molecule has 210 valence electrons. The van der Waals surface area contributed by atoms with E-state index in [2.05, 4.69) is 55.1 Å². The molecule has 40 heavy (non-hydrogen) atoms. The van der Waals surface area contributed by atoms with Crippen molar-refractivity contribution >= 4 is 22.6 Å². The zero-order chi connectivity index (χ0) is 28.4. The molecule has 0 aliphatic heterocycles. The van der Waals surface area contributed by atoms with Crippen molar-refractivity contribution in [1.29, 1.82) is 10.5 Å². The van der Waals surface area contributed by atoms with E-state index in [0.717, 1.165) is 18.7 Å². The van der Waals surface area contributed by atoms with Crippen LogP contribution in [0.1, 0.15) is 95.8 Å². The molecule has 1 aromatic heterocycles. The van der Waals surface area contributed by atoms with E-state index in [1.54, 1.807) is 11.3 Å². The Hall–Kier alpha value is -3.34. The second-order valence-corrected chi connectivity index (χ2v) is 11.7. The maximum atomic E-state index is 9.18. The monoisotopic (exact) mass is 551 g/mol. The number of benzene rings is 1.